The molecule has 3 aromatic rings. The van der Waals surface area contributed by atoms with Gasteiger partial charge in [-0.3, -0.25) is 14.4 Å². The molecule has 0 spiro atoms. The lowest BCUT2D eigenvalue weighted by atomic mass is 10.0. The van der Waals surface area contributed by atoms with Crippen LogP contribution in [0.1, 0.15) is 21.7 Å². The Hall–Kier alpha value is -2.61. The number of fused-ring (bicyclic) bond motifs is 1. The predicted molar refractivity (Wildman–Crippen MR) is 82.9 cm³/mol. The van der Waals surface area contributed by atoms with E-state index in [1.807, 2.05) is 0 Å². The number of carbonyl (C=O) groups excluding carboxylic acids is 1. The summed E-state index contributed by atoms with van der Waals surface area (Å²) < 4.78 is 5.79. The molecule has 1 aromatic carbocycles. The number of nitrogens with one attached hydrogen (secondary N) is 2. The Balaban J connectivity index is 2.20. The number of benzene rings is 1. The highest BCUT2D eigenvalue weighted by Crippen LogP contribution is 2.24. The lowest BCUT2D eigenvalue weighted by Gasteiger charge is -2.07. The van der Waals surface area contributed by atoms with Gasteiger partial charge in [0.05, 0.1) is 17.3 Å². The van der Waals surface area contributed by atoms with Gasteiger partial charge < -0.3 is 20.1 Å². The molecule has 4 N–H and O–H groups in total. The van der Waals surface area contributed by atoms with Crippen LogP contribution < -0.4 is 16.9 Å². The van der Waals surface area contributed by atoms with Crippen LogP contribution in [-0.2, 0) is 6.42 Å². The third kappa shape index (κ3) is 2.48. The molecule has 8 heteroatoms. The lowest BCUT2D eigenvalue weighted by molar-refractivity contribution is 0.0973. The molecule has 0 atom stereocenters. The third-order valence-corrected chi connectivity index (χ3v) is 3.69. The first-order valence-electron chi connectivity index (χ1n) is 6.26. The molecule has 7 nitrogen and oxygen atoms in total. The Kier molecular flexibility index (Phi) is 3.45. The lowest BCUT2D eigenvalue weighted by Crippen LogP contribution is -2.29. The molecule has 0 aliphatic rings. The Labute approximate surface area is 131 Å². The number of furan rings is 1. The number of H-pyrrole nitrogens is 2. The number of rotatable bonds is 3. The van der Waals surface area contributed by atoms with E-state index in [2.05, 4.69) is 25.9 Å². The highest BCUT2D eigenvalue weighted by Gasteiger charge is 2.15. The van der Waals surface area contributed by atoms with E-state index in [1.165, 1.54) is 6.26 Å². The summed E-state index contributed by atoms with van der Waals surface area (Å²) in [5.41, 5.74) is 6.07. The molecular formula is C14H10BrN3O4. The van der Waals surface area contributed by atoms with Gasteiger partial charge in [0, 0.05) is 16.5 Å². The van der Waals surface area contributed by atoms with E-state index in [-0.39, 0.29) is 5.76 Å². The maximum absolute atomic E-state index is 11.5. The predicted octanol–water partition coefficient (Wildman–Crippen LogP) is 1.26. The van der Waals surface area contributed by atoms with Crippen molar-refractivity contribution in [3.63, 3.8) is 0 Å². The van der Waals surface area contributed by atoms with Crippen molar-refractivity contribution in [1.29, 1.82) is 0 Å². The van der Waals surface area contributed by atoms with Crippen molar-refractivity contribution >= 4 is 32.9 Å². The zero-order chi connectivity index (χ0) is 15.9. The summed E-state index contributed by atoms with van der Waals surface area (Å²) in [6.07, 6.45) is 1.69. The smallest absolute Gasteiger partial charge is 0.314 e. The van der Waals surface area contributed by atoms with Crippen LogP contribution in [0.15, 0.2) is 42.9 Å². The summed E-state index contributed by atoms with van der Waals surface area (Å²) in [4.78, 5) is 39.3. The van der Waals surface area contributed by atoms with Crippen molar-refractivity contribution in [1.82, 2.24) is 9.97 Å². The molecule has 22 heavy (non-hydrogen) atoms. The second-order valence-electron chi connectivity index (χ2n) is 4.71. The summed E-state index contributed by atoms with van der Waals surface area (Å²) in [6, 6.07) is 5.10. The molecule has 0 unspecified atom stereocenters. The van der Waals surface area contributed by atoms with Crippen LogP contribution in [0, 0.1) is 0 Å². The van der Waals surface area contributed by atoms with Crippen molar-refractivity contribution in [3.8, 4) is 0 Å². The maximum atomic E-state index is 11.5. The summed E-state index contributed by atoms with van der Waals surface area (Å²) in [7, 11) is 0. The molecule has 112 valence electrons. The summed E-state index contributed by atoms with van der Waals surface area (Å²) in [5, 5.41) is 0. The summed E-state index contributed by atoms with van der Waals surface area (Å²) in [5.74, 6) is -0.596. The van der Waals surface area contributed by atoms with Crippen molar-refractivity contribution in [2.24, 2.45) is 5.73 Å². The van der Waals surface area contributed by atoms with E-state index in [1.54, 1.807) is 18.2 Å². The Bertz CT molecular complexity index is 999. The van der Waals surface area contributed by atoms with Gasteiger partial charge in [-0.2, -0.15) is 0 Å². The molecule has 0 radical (unpaired) electrons. The first kappa shape index (κ1) is 14.3. The number of nitrogens with two attached hydrogens (primary N) is 1. The Morgan fingerprint density at radius 1 is 1.18 bits per heavy atom. The van der Waals surface area contributed by atoms with Gasteiger partial charge in [-0.15, -0.1) is 0 Å². The molecular weight excluding hydrogens is 354 g/mol. The van der Waals surface area contributed by atoms with Crippen LogP contribution in [0.3, 0.4) is 0 Å². The van der Waals surface area contributed by atoms with E-state index < -0.39 is 17.0 Å². The molecule has 1 amide bonds. The number of aromatic amines is 2. The molecule has 0 aliphatic heterocycles. The molecule has 2 heterocycles. The second kappa shape index (κ2) is 5.30. The van der Waals surface area contributed by atoms with Crippen molar-refractivity contribution in [3.05, 3.63) is 66.5 Å². The Morgan fingerprint density at radius 2 is 1.91 bits per heavy atom. The van der Waals surface area contributed by atoms with Crippen LogP contribution in [0.25, 0.3) is 11.0 Å². The first-order chi connectivity index (χ1) is 10.5. The largest absolute Gasteiger partial charge is 0.459 e. The molecule has 0 fully saturated rings. The fourth-order valence-electron chi connectivity index (χ4n) is 2.29. The van der Waals surface area contributed by atoms with E-state index in [0.717, 1.165) is 4.47 Å². The number of primary amides is 1. The first-order valence-corrected chi connectivity index (χ1v) is 7.06. The van der Waals surface area contributed by atoms with Gasteiger partial charge in [0.25, 0.3) is 5.91 Å². The van der Waals surface area contributed by atoms with Gasteiger partial charge in [0.1, 0.15) is 0 Å². The minimum atomic E-state index is -0.738. The number of amides is 1. The highest BCUT2D eigenvalue weighted by molar-refractivity contribution is 9.10. The summed E-state index contributed by atoms with van der Waals surface area (Å²) >= 11 is 3.35. The molecule has 0 saturated carbocycles. The Morgan fingerprint density at radius 3 is 2.64 bits per heavy atom. The van der Waals surface area contributed by atoms with Crippen LogP contribution in [-0.4, -0.2) is 15.9 Å². The second-order valence-corrected chi connectivity index (χ2v) is 5.63. The van der Waals surface area contributed by atoms with Crippen LogP contribution in [0.2, 0.25) is 0 Å². The van der Waals surface area contributed by atoms with Gasteiger partial charge in [0.2, 0.25) is 0 Å². The van der Waals surface area contributed by atoms with Crippen LogP contribution >= 0.6 is 15.9 Å². The number of halogens is 1. The quantitative estimate of drug-likeness (QED) is 0.606. The minimum Gasteiger partial charge on any atom is -0.459 e. The molecule has 0 aliphatic carbocycles. The zero-order valence-corrected chi connectivity index (χ0v) is 12.7. The average molecular weight is 364 g/mol. The minimum absolute atomic E-state index is 0.0693. The third-order valence-electron chi connectivity index (χ3n) is 3.23. The van der Waals surface area contributed by atoms with Crippen molar-refractivity contribution in [2.75, 3.05) is 0 Å². The van der Waals surface area contributed by atoms with E-state index in [9.17, 15) is 14.4 Å². The zero-order valence-electron chi connectivity index (χ0n) is 11.1. The number of carbonyl (C=O) groups is 1. The molecule has 2 aromatic heterocycles. The van der Waals surface area contributed by atoms with Gasteiger partial charge in [0.15, 0.2) is 5.76 Å². The topological polar surface area (TPSA) is 122 Å². The van der Waals surface area contributed by atoms with Crippen molar-refractivity contribution in [2.45, 2.75) is 6.42 Å². The van der Waals surface area contributed by atoms with Gasteiger partial charge >= 0.3 is 11.1 Å². The number of aromatic nitrogens is 2. The monoisotopic (exact) mass is 363 g/mol. The fourth-order valence-corrected chi connectivity index (χ4v) is 2.80. The van der Waals surface area contributed by atoms with Gasteiger partial charge in [-0.25, -0.2) is 0 Å². The highest BCUT2D eigenvalue weighted by atomic mass is 79.9. The van der Waals surface area contributed by atoms with Crippen LogP contribution in [0.5, 0.6) is 0 Å². The normalized spacial score (nSPS) is 11.0. The van der Waals surface area contributed by atoms with Gasteiger partial charge in [-0.05, 0) is 23.8 Å². The van der Waals surface area contributed by atoms with E-state index >= 15 is 0 Å². The number of hydrogen-bond acceptors (Lipinski definition) is 4. The van der Waals surface area contributed by atoms with Gasteiger partial charge in [-0.1, -0.05) is 15.9 Å². The molecule has 0 bridgehead atoms. The molecule has 3 rings (SSSR count). The SMILES string of the molecule is NC(=O)c1occc1Cc1cc(Br)cc2[nH]c(=O)c(=O)[nH]c12. The summed E-state index contributed by atoms with van der Waals surface area (Å²) in [6.45, 7) is 0. The molecule has 0 saturated heterocycles. The standard InChI is InChI=1S/C14H10BrN3O4/c15-8-4-7(3-6-1-2-22-11(6)12(16)19)10-9(5-8)17-13(20)14(21)18-10/h1-2,4-5H,3H2,(H2,16,19)(H,17,20)(H,18,21). The van der Waals surface area contributed by atoms with Crippen molar-refractivity contribution < 1.29 is 9.21 Å². The number of hydrogen-bond donors (Lipinski definition) is 3. The van der Waals surface area contributed by atoms with Crippen LogP contribution in [0.4, 0.5) is 0 Å². The van der Waals surface area contributed by atoms with E-state index in [0.29, 0.717) is 28.6 Å². The maximum Gasteiger partial charge on any atom is 0.314 e. The van der Waals surface area contributed by atoms with E-state index in [4.69, 9.17) is 10.2 Å². The fraction of sp³-hybridized carbons (Fsp3) is 0.0714. The average Bonchev–Trinajstić information content (AvgIpc) is 2.89.